The minimum absolute atomic E-state index is 0.0417. The summed E-state index contributed by atoms with van der Waals surface area (Å²) in [4.78, 5) is 10.4. The lowest BCUT2D eigenvalue weighted by molar-refractivity contribution is -0.161. The normalized spacial score (nSPS) is 15.3. The Morgan fingerprint density at radius 1 is 1.41 bits per heavy atom. The molecule has 0 bridgehead atoms. The maximum absolute atomic E-state index is 12.3. The molecule has 0 aromatic carbocycles. The standard InChI is InChI=1S/C10H16F3NO2S/c1-2-7(10(11,12)13)3-5-17-6-4-8(14)9(15)16/h2,7-8H,1,3-6,14H2,(H,15,16). The molecule has 0 aromatic heterocycles. The molecule has 0 saturated heterocycles. The van der Waals surface area contributed by atoms with E-state index in [4.69, 9.17) is 10.8 Å². The van der Waals surface area contributed by atoms with Gasteiger partial charge in [0.05, 0.1) is 5.92 Å². The van der Waals surface area contributed by atoms with Gasteiger partial charge in [0, 0.05) is 0 Å². The summed E-state index contributed by atoms with van der Waals surface area (Å²) in [5, 5.41) is 8.48. The molecule has 0 aliphatic carbocycles. The second-order valence-electron chi connectivity index (χ2n) is 3.52. The maximum atomic E-state index is 12.3. The van der Waals surface area contributed by atoms with Gasteiger partial charge in [0.1, 0.15) is 6.04 Å². The highest BCUT2D eigenvalue weighted by molar-refractivity contribution is 7.99. The van der Waals surface area contributed by atoms with Crippen molar-refractivity contribution in [1.82, 2.24) is 0 Å². The van der Waals surface area contributed by atoms with Crippen LogP contribution in [0.3, 0.4) is 0 Å². The Kier molecular flexibility index (Phi) is 7.29. The first-order valence-electron chi connectivity index (χ1n) is 5.04. The molecule has 0 aliphatic rings. The number of rotatable bonds is 8. The van der Waals surface area contributed by atoms with E-state index in [2.05, 4.69) is 6.58 Å². The molecule has 0 radical (unpaired) electrons. The molecule has 0 heterocycles. The number of carboxylic acid groups (broad SMARTS) is 1. The summed E-state index contributed by atoms with van der Waals surface area (Å²) in [6, 6.07) is -0.944. The van der Waals surface area contributed by atoms with Crippen LogP contribution in [0, 0.1) is 5.92 Å². The van der Waals surface area contributed by atoms with Crippen LogP contribution >= 0.6 is 11.8 Å². The number of aliphatic carboxylic acids is 1. The SMILES string of the molecule is C=CC(CCSCCC(N)C(=O)O)C(F)(F)F. The summed E-state index contributed by atoms with van der Waals surface area (Å²) >= 11 is 1.27. The second-order valence-corrected chi connectivity index (χ2v) is 4.74. The second kappa shape index (κ2) is 7.60. The van der Waals surface area contributed by atoms with E-state index in [1.165, 1.54) is 11.8 Å². The monoisotopic (exact) mass is 271 g/mol. The Balaban J connectivity index is 3.70. The average Bonchev–Trinajstić information content (AvgIpc) is 2.20. The summed E-state index contributed by atoms with van der Waals surface area (Å²) in [6.07, 6.45) is -3.14. The van der Waals surface area contributed by atoms with Crippen LogP contribution in [0.2, 0.25) is 0 Å². The van der Waals surface area contributed by atoms with Gasteiger partial charge in [0.15, 0.2) is 0 Å². The average molecular weight is 271 g/mol. The van der Waals surface area contributed by atoms with Gasteiger partial charge in [0.25, 0.3) is 0 Å². The predicted octanol–water partition coefficient (Wildman–Crippen LogP) is 2.28. The van der Waals surface area contributed by atoms with Crippen LogP contribution in [0.1, 0.15) is 12.8 Å². The van der Waals surface area contributed by atoms with E-state index in [0.717, 1.165) is 6.08 Å². The summed E-state index contributed by atoms with van der Waals surface area (Å²) in [6.45, 7) is 3.15. The van der Waals surface area contributed by atoms with Crippen molar-refractivity contribution in [2.24, 2.45) is 11.7 Å². The highest BCUT2D eigenvalue weighted by Crippen LogP contribution is 2.30. The van der Waals surface area contributed by atoms with E-state index in [9.17, 15) is 18.0 Å². The first kappa shape index (κ1) is 16.3. The molecule has 7 heteroatoms. The molecule has 3 nitrogen and oxygen atoms in total. The number of carbonyl (C=O) groups is 1. The third-order valence-corrected chi connectivity index (χ3v) is 3.22. The Morgan fingerprint density at radius 3 is 2.35 bits per heavy atom. The topological polar surface area (TPSA) is 63.3 Å². The van der Waals surface area contributed by atoms with Gasteiger partial charge in [0.2, 0.25) is 0 Å². The molecule has 3 N–H and O–H groups in total. The van der Waals surface area contributed by atoms with Crippen LogP contribution in [0.5, 0.6) is 0 Å². The third-order valence-electron chi connectivity index (χ3n) is 2.17. The van der Waals surface area contributed by atoms with Crippen LogP contribution in [0.15, 0.2) is 12.7 Å². The van der Waals surface area contributed by atoms with Crippen LogP contribution in [-0.4, -0.2) is 34.8 Å². The molecule has 100 valence electrons. The Bertz CT molecular complexity index is 258. The van der Waals surface area contributed by atoms with Crippen molar-refractivity contribution in [2.45, 2.75) is 25.1 Å². The quantitative estimate of drug-likeness (QED) is 0.525. The van der Waals surface area contributed by atoms with E-state index in [1.807, 2.05) is 0 Å². The van der Waals surface area contributed by atoms with E-state index < -0.39 is 24.1 Å². The fourth-order valence-electron chi connectivity index (χ4n) is 1.06. The van der Waals surface area contributed by atoms with Gasteiger partial charge in [-0.2, -0.15) is 24.9 Å². The van der Waals surface area contributed by atoms with E-state index in [1.54, 1.807) is 0 Å². The zero-order valence-corrected chi connectivity index (χ0v) is 10.1. The molecule has 0 amide bonds. The van der Waals surface area contributed by atoms with Crippen molar-refractivity contribution >= 4 is 17.7 Å². The molecule has 2 unspecified atom stereocenters. The molecule has 0 saturated carbocycles. The zero-order chi connectivity index (χ0) is 13.5. The fraction of sp³-hybridized carbons (Fsp3) is 0.700. The molecule has 2 atom stereocenters. The lowest BCUT2D eigenvalue weighted by Gasteiger charge is -2.15. The van der Waals surface area contributed by atoms with Gasteiger partial charge in [-0.1, -0.05) is 6.08 Å². The largest absolute Gasteiger partial charge is 0.480 e. The third kappa shape index (κ3) is 7.27. The van der Waals surface area contributed by atoms with Gasteiger partial charge in [-0.3, -0.25) is 4.79 Å². The number of nitrogens with two attached hydrogens (primary N) is 1. The van der Waals surface area contributed by atoms with Crippen molar-refractivity contribution < 1.29 is 23.1 Å². The Hall–Kier alpha value is -0.690. The predicted molar refractivity (Wildman–Crippen MR) is 61.9 cm³/mol. The van der Waals surface area contributed by atoms with Crippen LogP contribution in [0.25, 0.3) is 0 Å². The van der Waals surface area contributed by atoms with Crippen molar-refractivity contribution in [3.8, 4) is 0 Å². The number of hydrogen-bond donors (Lipinski definition) is 2. The smallest absolute Gasteiger partial charge is 0.395 e. The Labute approximate surface area is 102 Å². The summed E-state index contributed by atoms with van der Waals surface area (Å²) in [7, 11) is 0. The number of hydrogen-bond acceptors (Lipinski definition) is 3. The molecule has 0 aromatic rings. The van der Waals surface area contributed by atoms with E-state index >= 15 is 0 Å². The van der Waals surface area contributed by atoms with Gasteiger partial charge in [-0.05, 0) is 24.3 Å². The summed E-state index contributed by atoms with van der Waals surface area (Å²) in [5.74, 6) is -1.84. The molecular formula is C10H16F3NO2S. The first-order valence-corrected chi connectivity index (χ1v) is 6.20. The van der Waals surface area contributed by atoms with Gasteiger partial charge in [-0.15, -0.1) is 6.58 Å². The van der Waals surface area contributed by atoms with Crippen LogP contribution in [-0.2, 0) is 4.79 Å². The Morgan fingerprint density at radius 2 is 1.94 bits per heavy atom. The van der Waals surface area contributed by atoms with Crippen molar-refractivity contribution in [2.75, 3.05) is 11.5 Å². The molecule has 17 heavy (non-hydrogen) atoms. The fourth-order valence-corrected chi connectivity index (χ4v) is 2.11. The number of thioether (sulfide) groups is 1. The van der Waals surface area contributed by atoms with Gasteiger partial charge >= 0.3 is 12.1 Å². The number of carboxylic acids is 1. The zero-order valence-electron chi connectivity index (χ0n) is 9.24. The minimum atomic E-state index is -4.25. The van der Waals surface area contributed by atoms with E-state index in [-0.39, 0.29) is 12.8 Å². The number of alkyl halides is 3. The molecule has 0 spiro atoms. The lowest BCUT2D eigenvalue weighted by Crippen LogP contribution is -2.30. The van der Waals surface area contributed by atoms with Crippen LogP contribution < -0.4 is 5.73 Å². The lowest BCUT2D eigenvalue weighted by atomic mass is 10.1. The minimum Gasteiger partial charge on any atom is -0.480 e. The number of allylic oxidation sites excluding steroid dienone is 1. The van der Waals surface area contributed by atoms with Crippen molar-refractivity contribution in [1.29, 1.82) is 0 Å². The molecular weight excluding hydrogens is 255 g/mol. The number of halogens is 3. The van der Waals surface area contributed by atoms with Crippen molar-refractivity contribution in [3.05, 3.63) is 12.7 Å². The van der Waals surface area contributed by atoms with Gasteiger partial charge < -0.3 is 10.8 Å². The molecule has 0 rings (SSSR count). The van der Waals surface area contributed by atoms with Crippen molar-refractivity contribution in [3.63, 3.8) is 0 Å². The first-order chi connectivity index (χ1) is 7.79. The summed E-state index contributed by atoms with van der Waals surface area (Å²) < 4.78 is 36.9. The highest BCUT2D eigenvalue weighted by atomic mass is 32.2. The maximum Gasteiger partial charge on any atom is 0.395 e. The van der Waals surface area contributed by atoms with Gasteiger partial charge in [-0.25, -0.2) is 0 Å². The molecule has 0 fully saturated rings. The highest BCUT2D eigenvalue weighted by Gasteiger charge is 2.36. The molecule has 0 aliphatic heterocycles. The van der Waals surface area contributed by atoms with Crippen LogP contribution in [0.4, 0.5) is 13.2 Å². The summed E-state index contributed by atoms with van der Waals surface area (Å²) in [5.41, 5.74) is 5.24. The van der Waals surface area contributed by atoms with E-state index in [0.29, 0.717) is 11.5 Å².